The summed E-state index contributed by atoms with van der Waals surface area (Å²) in [5.41, 5.74) is 21.4. The predicted octanol–water partition coefficient (Wildman–Crippen LogP) is -2.42. The maximum absolute atomic E-state index is 13.1. The zero-order valence-electron chi connectivity index (χ0n) is 21.0. The number of primary amides is 1. The Kier molecular flexibility index (Phi) is 15.9. The maximum atomic E-state index is 13.1. The minimum Gasteiger partial charge on any atom is -0.480 e. The zero-order chi connectivity index (χ0) is 27.8. The first-order chi connectivity index (χ1) is 16.8. The number of carbonyl (C=O) groups excluding carboxylic acids is 4. The van der Waals surface area contributed by atoms with Gasteiger partial charge in [-0.3, -0.25) is 24.2 Å². The quantitative estimate of drug-likeness (QED) is 0.0526. The summed E-state index contributed by atoms with van der Waals surface area (Å²) >= 11 is 1.44. The molecule has 14 nitrogen and oxygen atoms in total. The van der Waals surface area contributed by atoms with E-state index in [4.69, 9.17) is 22.9 Å². The van der Waals surface area contributed by atoms with Crippen molar-refractivity contribution in [1.29, 1.82) is 0 Å². The summed E-state index contributed by atoms with van der Waals surface area (Å²) in [6.07, 6.45) is 2.24. The van der Waals surface area contributed by atoms with Crippen LogP contribution in [0, 0.1) is 5.92 Å². The fourth-order valence-electron chi connectivity index (χ4n) is 3.10. The van der Waals surface area contributed by atoms with Gasteiger partial charge in [0.15, 0.2) is 5.96 Å². The highest BCUT2D eigenvalue weighted by molar-refractivity contribution is 7.98. The molecule has 0 radical (unpaired) electrons. The summed E-state index contributed by atoms with van der Waals surface area (Å²) in [6, 6.07) is -4.55. The second-order valence-corrected chi connectivity index (χ2v) is 9.64. The van der Waals surface area contributed by atoms with Gasteiger partial charge < -0.3 is 44.0 Å². The Hall–Kier alpha value is -3.07. The Bertz CT molecular complexity index is 790. The van der Waals surface area contributed by atoms with Gasteiger partial charge in [-0.2, -0.15) is 11.8 Å². The molecule has 0 aliphatic carbocycles. The highest BCUT2D eigenvalue weighted by atomic mass is 32.2. The summed E-state index contributed by atoms with van der Waals surface area (Å²) in [4.78, 5) is 64.9. The van der Waals surface area contributed by atoms with Crippen molar-refractivity contribution in [2.24, 2.45) is 33.8 Å². The van der Waals surface area contributed by atoms with Crippen LogP contribution in [-0.4, -0.2) is 83.4 Å². The minimum atomic E-state index is -1.24. The van der Waals surface area contributed by atoms with E-state index < -0.39 is 60.2 Å². The van der Waals surface area contributed by atoms with E-state index in [2.05, 4.69) is 20.9 Å². The number of carboxylic acid groups (broad SMARTS) is 1. The van der Waals surface area contributed by atoms with E-state index in [1.807, 2.05) is 20.1 Å². The van der Waals surface area contributed by atoms with E-state index >= 15 is 0 Å². The fourth-order valence-corrected chi connectivity index (χ4v) is 3.57. The van der Waals surface area contributed by atoms with Crippen molar-refractivity contribution in [2.45, 2.75) is 70.1 Å². The number of nitrogens with zero attached hydrogens (tertiary/aromatic N) is 1. The van der Waals surface area contributed by atoms with Gasteiger partial charge in [0.25, 0.3) is 0 Å². The molecular weight excluding hydrogens is 492 g/mol. The van der Waals surface area contributed by atoms with Crippen LogP contribution in [0.3, 0.4) is 0 Å². The van der Waals surface area contributed by atoms with Crippen molar-refractivity contribution >= 4 is 47.3 Å². The van der Waals surface area contributed by atoms with Crippen LogP contribution >= 0.6 is 11.8 Å². The minimum absolute atomic E-state index is 0.00273. The standard InChI is InChI=1S/C21H40N8O6S/c1-11(2)9-15(20(34)35)29-18(32)13(5-4-7-26-21(24)25)28-19(33)14(6-8-36-3)27-17(31)12(22)10-16(23)30/h11-15H,4-10,22H2,1-3H3,(H2,23,30)(H,27,31)(H,28,33)(H,29,32)(H,34,35)(H4,24,25,26). The van der Waals surface area contributed by atoms with E-state index in [0.717, 1.165) is 0 Å². The van der Waals surface area contributed by atoms with Crippen molar-refractivity contribution in [3.63, 3.8) is 0 Å². The van der Waals surface area contributed by atoms with Crippen LogP contribution < -0.4 is 38.9 Å². The number of guanidine groups is 1. The molecule has 0 spiro atoms. The first-order valence-corrected chi connectivity index (χ1v) is 12.9. The van der Waals surface area contributed by atoms with Crippen LogP contribution in [0.15, 0.2) is 4.99 Å². The highest BCUT2D eigenvalue weighted by Gasteiger charge is 2.30. The molecule has 12 N–H and O–H groups in total. The molecule has 36 heavy (non-hydrogen) atoms. The Balaban J connectivity index is 5.61. The van der Waals surface area contributed by atoms with E-state index in [-0.39, 0.29) is 37.7 Å². The van der Waals surface area contributed by atoms with Crippen LogP contribution in [0.5, 0.6) is 0 Å². The van der Waals surface area contributed by atoms with Crippen molar-refractivity contribution < 1.29 is 29.1 Å². The lowest BCUT2D eigenvalue weighted by molar-refractivity contribution is -0.142. The number of hydrogen-bond acceptors (Lipinski definition) is 8. The summed E-state index contributed by atoms with van der Waals surface area (Å²) in [5, 5.41) is 17.0. The number of aliphatic carboxylic acids is 1. The molecular formula is C21H40N8O6S. The van der Waals surface area contributed by atoms with Crippen LogP contribution in [-0.2, 0) is 24.0 Å². The van der Waals surface area contributed by atoms with Gasteiger partial charge in [0.1, 0.15) is 18.1 Å². The fraction of sp³-hybridized carbons (Fsp3) is 0.714. The third-order valence-corrected chi connectivity index (χ3v) is 5.55. The highest BCUT2D eigenvalue weighted by Crippen LogP contribution is 2.08. The monoisotopic (exact) mass is 532 g/mol. The molecule has 15 heteroatoms. The normalized spacial score (nSPS) is 14.1. The number of aliphatic imine (C=N–C) groups is 1. The third kappa shape index (κ3) is 14.4. The van der Waals surface area contributed by atoms with Gasteiger partial charge in [0.2, 0.25) is 23.6 Å². The first-order valence-electron chi connectivity index (χ1n) is 11.5. The van der Waals surface area contributed by atoms with Gasteiger partial charge in [-0.15, -0.1) is 0 Å². The van der Waals surface area contributed by atoms with E-state index in [0.29, 0.717) is 12.2 Å². The first kappa shape index (κ1) is 32.9. The second-order valence-electron chi connectivity index (χ2n) is 8.66. The van der Waals surface area contributed by atoms with Crippen LogP contribution in [0.4, 0.5) is 0 Å². The van der Waals surface area contributed by atoms with Crippen LogP contribution in [0.1, 0.15) is 46.0 Å². The van der Waals surface area contributed by atoms with Crippen molar-refractivity contribution in [1.82, 2.24) is 16.0 Å². The van der Waals surface area contributed by atoms with Crippen molar-refractivity contribution in [3.05, 3.63) is 0 Å². The Labute approximate surface area is 215 Å². The lowest BCUT2D eigenvalue weighted by Gasteiger charge is -2.25. The molecule has 0 saturated heterocycles. The molecule has 0 aromatic heterocycles. The summed E-state index contributed by atoms with van der Waals surface area (Å²) in [5.74, 6) is -3.70. The molecule has 4 unspecified atom stereocenters. The topological polar surface area (TPSA) is 258 Å². The molecule has 0 aromatic rings. The average Bonchev–Trinajstić information content (AvgIpc) is 2.76. The van der Waals surface area contributed by atoms with E-state index in [9.17, 15) is 29.1 Å². The molecule has 4 atom stereocenters. The van der Waals surface area contributed by atoms with Crippen LogP contribution in [0.25, 0.3) is 0 Å². The smallest absolute Gasteiger partial charge is 0.326 e. The van der Waals surface area contributed by atoms with Crippen LogP contribution in [0.2, 0.25) is 0 Å². The van der Waals surface area contributed by atoms with Gasteiger partial charge in [0, 0.05) is 6.54 Å². The molecule has 0 saturated carbocycles. The van der Waals surface area contributed by atoms with E-state index in [1.165, 1.54) is 11.8 Å². The molecule has 0 rings (SSSR count). The number of hydrogen-bond donors (Lipinski definition) is 8. The Morgan fingerprint density at radius 1 is 0.889 bits per heavy atom. The summed E-state index contributed by atoms with van der Waals surface area (Å²) in [7, 11) is 0. The number of rotatable bonds is 18. The molecule has 206 valence electrons. The summed E-state index contributed by atoms with van der Waals surface area (Å²) in [6.45, 7) is 3.82. The number of nitrogens with one attached hydrogen (secondary N) is 3. The van der Waals surface area contributed by atoms with Gasteiger partial charge >= 0.3 is 5.97 Å². The summed E-state index contributed by atoms with van der Waals surface area (Å²) < 4.78 is 0. The molecule has 0 fully saturated rings. The Morgan fingerprint density at radius 3 is 1.89 bits per heavy atom. The Morgan fingerprint density at radius 2 is 1.42 bits per heavy atom. The second kappa shape index (κ2) is 17.4. The van der Waals surface area contributed by atoms with Gasteiger partial charge in [-0.05, 0) is 43.6 Å². The molecule has 0 aliphatic rings. The predicted molar refractivity (Wildman–Crippen MR) is 138 cm³/mol. The maximum Gasteiger partial charge on any atom is 0.326 e. The largest absolute Gasteiger partial charge is 0.480 e. The van der Waals surface area contributed by atoms with Gasteiger partial charge in [0.05, 0.1) is 12.5 Å². The molecule has 0 aliphatic heterocycles. The number of carboxylic acids is 1. The molecule has 0 bridgehead atoms. The lowest BCUT2D eigenvalue weighted by Crippen LogP contribution is -2.57. The third-order valence-electron chi connectivity index (χ3n) is 4.90. The van der Waals surface area contributed by atoms with Crippen molar-refractivity contribution in [2.75, 3.05) is 18.6 Å². The molecule has 0 aromatic carbocycles. The number of amides is 4. The SMILES string of the molecule is CSCCC(NC(=O)C(N)CC(N)=O)C(=O)NC(CCCN=C(N)N)C(=O)NC(CC(C)C)C(=O)O. The van der Waals surface area contributed by atoms with Gasteiger partial charge in [-0.25, -0.2) is 4.79 Å². The number of carbonyl (C=O) groups is 5. The molecule has 4 amide bonds. The average molecular weight is 533 g/mol. The van der Waals surface area contributed by atoms with E-state index in [1.54, 1.807) is 0 Å². The number of nitrogens with two attached hydrogens (primary N) is 4. The lowest BCUT2D eigenvalue weighted by atomic mass is 10.0. The van der Waals surface area contributed by atoms with Gasteiger partial charge in [-0.1, -0.05) is 13.8 Å². The number of thioether (sulfide) groups is 1. The van der Waals surface area contributed by atoms with Crippen molar-refractivity contribution in [3.8, 4) is 0 Å². The zero-order valence-corrected chi connectivity index (χ0v) is 21.8. The molecule has 0 heterocycles.